The second kappa shape index (κ2) is 5.64. The van der Waals surface area contributed by atoms with Crippen molar-refractivity contribution in [2.75, 3.05) is 24.7 Å². The first-order chi connectivity index (χ1) is 8.54. The van der Waals surface area contributed by atoms with Gasteiger partial charge in [0, 0.05) is 13.1 Å². The summed E-state index contributed by atoms with van der Waals surface area (Å²) in [6, 6.07) is 7.95. The molecule has 1 aromatic heterocycles. The molecule has 7 heteroatoms. The first-order valence-electron chi connectivity index (χ1n) is 5.59. The smallest absolute Gasteiger partial charge is 0.208 e. The van der Waals surface area contributed by atoms with Crippen molar-refractivity contribution in [2.24, 2.45) is 0 Å². The van der Waals surface area contributed by atoms with Crippen molar-refractivity contribution in [1.29, 1.82) is 0 Å². The molecule has 0 bridgehead atoms. The van der Waals surface area contributed by atoms with Crippen molar-refractivity contribution < 1.29 is 8.42 Å². The minimum absolute atomic E-state index is 0.441. The lowest BCUT2D eigenvalue weighted by molar-refractivity contribution is 0.586. The van der Waals surface area contributed by atoms with E-state index in [1.807, 2.05) is 24.3 Å². The number of anilines is 1. The molecule has 5 nitrogen and oxygen atoms in total. The molecule has 0 spiro atoms. The number of aromatic nitrogens is 1. The van der Waals surface area contributed by atoms with E-state index in [1.165, 1.54) is 0 Å². The van der Waals surface area contributed by atoms with Gasteiger partial charge in [0.05, 0.1) is 16.5 Å². The van der Waals surface area contributed by atoms with E-state index < -0.39 is 10.0 Å². The Kier molecular flexibility index (Phi) is 4.15. The summed E-state index contributed by atoms with van der Waals surface area (Å²) in [5, 5.41) is 4.06. The van der Waals surface area contributed by atoms with Crippen LogP contribution in [0.2, 0.25) is 0 Å². The van der Waals surface area contributed by atoms with Crippen LogP contribution in [-0.4, -0.2) is 32.7 Å². The molecule has 0 amide bonds. The number of nitrogens with zero attached hydrogens (tertiary/aromatic N) is 1. The Bertz CT molecular complexity index is 589. The van der Waals surface area contributed by atoms with Crippen molar-refractivity contribution in [2.45, 2.75) is 6.42 Å². The number of nitrogens with one attached hydrogen (secondary N) is 2. The standard InChI is InChI=1S/C11H15N3O2S2/c1-18(15,16)13-8-4-7-12-11-14-9-5-2-3-6-10(9)17-11/h2-3,5-6,13H,4,7-8H2,1H3,(H,12,14). The highest BCUT2D eigenvalue weighted by atomic mass is 32.2. The summed E-state index contributed by atoms with van der Waals surface area (Å²) >= 11 is 1.60. The van der Waals surface area contributed by atoms with Gasteiger partial charge in [0.1, 0.15) is 0 Å². The number of rotatable bonds is 6. The number of hydrogen-bond acceptors (Lipinski definition) is 5. The van der Waals surface area contributed by atoms with Crippen LogP contribution in [0, 0.1) is 0 Å². The first kappa shape index (κ1) is 13.3. The highest BCUT2D eigenvalue weighted by Crippen LogP contribution is 2.24. The number of thiazole rings is 1. The van der Waals surface area contributed by atoms with Crippen molar-refractivity contribution in [3.05, 3.63) is 24.3 Å². The maximum absolute atomic E-state index is 10.8. The Morgan fingerprint density at radius 1 is 1.28 bits per heavy atom. The lowest BCUT2D eigenvalue weighted by Gasteiger charge is -2.03. The fourth-order valence-corrected chi connectivity index (χ4v) is 2.90. The summed E-state index contributed by atoms with van der Waals surface area (Å²) in [6.45, 7) is 1.14. The van der Waals surface area contributed by atoms with Gasteiger partial charge in [-0.25, -0.2) is 18.1 Å². The molecule has 18 heavy (non-hydrogen) atoms. The Balaban J connectivity index is 1.80. The monoisotopic (exact) mass is 285 g/mol. The van der Waals surface area contributed by atoms with Crippen LogP contribution in [0.25, 0.3) is 10.2 Å². The van der Waals surface area contributed by atoms with Gasteiger partial charge in [0.2, 0.25) is 10.0 Å². The van der Waals surface area contributed by atoms with Gasteiger partial charge in [0.25, 0.3) is 0 Å². The molecule has 0 saturated heterocycles. The van der Waals surface area contributed by atoms with Crippen molar-refractivity contribution in [3.8, 4) is 0 Å². The summed E-state index contributed by atoms with van der Waals surface area (Å²) < 4.78 is 25.3. The van der Waals surface area contributed by atoms with E-state index in [4.69, 9.17) is 0 Å². The summed E-state index contributed by atoms with van der Waals surface area (Å²) in [6.07, 6.45) is 1.89. The molecule has 0 unspecified atom stereocenters. The van der Waals surface area contributed by atoms with E-state index in [9.17, 15) is 8.42 Å². The Morgan fingerprint density at radius 2 is 2.06 bits per heavy atom. The molecule has 98 valence electrons. The topological polar surface area (TPSA) is 71.1 Å². The van der Waals surface area contributed by atoms with Crippen molar-refractivity contribution >= 4 is 36.7 Å². The molecule has 0 atom stereocenters. The third-order valence-electron chi connectivity index (χ3n) is 2.29. The van der Waals surface area contributed by atoms with Crippen LogP contribution >= 0.6 is 11.3 Å². The minimum Gasteiger partial charge on any atom is -0.361 e. The summed E-state index contributed by atoms with van der Waals surface area (Å²) in [5.74, 6) is 0. The number of sulfonamides is 1. The quantitative estimate of drug-likeness (QED) is 0.792. The molecule has 1 aromatic carbocycles. The maximum atomic E-state index is 10.8. The maximum Gasteiger partial charge on any atom is 0.208 e. The van der Waals surface area contributed by atoms with Gasteiger partial charge >= 0.3 is 0 Å². The molecular formula is C11H15N3O2S2. The molecular weight excluding hydrogens is 270 g/mol. The van der Waals surface area contributed by atoms with Crippen LogP contribution in [0.5, 0.6) is 0 Å². The van der Waals surface area contributed by atoms with E-state index in [-0.39, 0.29) is 0 Å². The van der Waals surface area contributed by atoms with Gasteiger partial charge in [0.15, 0.2) is 5.13 Å². The van der Waals surface area contributed by atoms with E-state index in [1.54, 1.807) is 11.3 Å². The third-order valence-corrected chi connectivity index (χ3v) is 4.01. The molecule has 2 rings (SSSR count). The molecule has 0 saturated carbocycles. The van der Waals surface area contributed by atoms with Crippen molar-refractivity contribution in [1.82, 2.24) is 9.71 Å². The number of hydrogen-bond donors (Lipinski definition) is 2. The normalized spacial score (nSPS) is 11.8. The summed E-state index contributed by atoms with van der Waals surface area (Å²) in [7, 11) is -3.08. The van der Waals surface area contributed by atoms with Crippen LogP contribution < -0.4 is 10.0 Å². The van der Waals surface area contributed by atoms with Crippen LogP contribution in [0.4, 0.5) is 5.13 Å². The molecule has 0 aliphatic heterocycles. The second-order valence-electron chi connectivity index (χ2n) is 3.93. The highest BCUT2D eigenvalue weighted by molar-refractivity contribution is 7.88. The Labute approximate surface area is 110 Å². The SMILES string of the molecule is CS(=O)(=O)NCCCNc1nc2ccccc2s1. The van der Waals surface area contributed by atoms with Gasteiger partial charge in [-0.2, -0.15) is 0 Å². The van der Waals surface area contributed by atoms with Crippen LogP contribution in [0.15, 0.2) is 24.3 Å². The van der Waals surface area contributed by atoms with Crippen LogP contribution in [0.3, 0.4) is 0 Å². The summed E-state index contributed by atoms with van der Waals surface area (Å²) in [4.78, 5) is 4.43. The van der Waals surface area contributed by atoms with E-state index >= 15 is 0 Å². The largest absolute Gasteiger partial charge is 0.361 e. The third kappa shape index (κ3) is 3.94. The van der Waals surface area contributed by atoms with Gasteiger partial charge in [-0.3, -0.25) is 0 Å². The predicted molar refractivity (Wildman–Crippen MR) is 75.6 cm³/mol. The molecule has 0 aliphatic rings. The van der Waals surface area contributed by atoms with Gasteiger partial charge in [-0.15, -0.1) is 0 Å². The Morgan fingerprint density at radius 3 is 2.78 bits per heavy atom. The average molecular weight is 285 g/mol. The minimum atomic E-state index is -3.08. The van der Waals surface area contributed by atoms with Crippen molar-refractivity contribution in [3.63, 3.8) is 0 Å². The zero-order chi connectivity index (χ0) is 13.0. The molecule has 0 aliphatic carbocycles. The van der Waals surface area contributed by atoms with Gasteiger partial charge < -0.3 is 5.32 Å². The summed E-state index contributed by atoms with van der Waals surface area (Å²) in [5.41, 5.74) is 0.985. The predicted octanol–water partition coefficient (Wildman–Crippen LogP) is 1.65. The Hall–Kier alpha value is -1.18. The lowest BCUT2D eigenvalue weighted by atomic mass is 10.3. The number of benzene rings is 1. The van der Waals surface area contributed by atoms with Crippen LogP contribution in [0.1, 0.15) is 6.42 Å². The molecule has 2 aromatic rings. The first-order valence-corrected chi connectivity index (χ1v) is 8.29. The second-order valence-corrected chi connectivity index (χ2v) is 6.80. The van der Waals surface area contributed by atoms with Gasteiger partial charge in [-0.1, -0.05) is 23.5 Å². The molecule has 1 heterocycles. The fraction of sp³-hybridized carbons (Fsp3) is 0.364. The highest BCUT2D eigenvalue weighted by Gasteiger charge is 2.02. The van der Waals surface area contributed by atoms with Gasteiger partial charge in [-0.05, 0) is 18.6 Å². The molecule has 2 N–H and O–H groups in total. The van der Waals surface area contributed by atoms with E-state index in [2.05, 4.69) is 15.0 Å². The van der Waals surface area contributed by atoms with E-state index in [0.29, 0.717) is 13.1 Å². The molecule has 0 fully saturated rings. The number of para-hydroxylation sites is 1. The van der Waals surface area contributed by atoms with Crippen LogP contribution in [-0.2, 0) is 10.0 Å². The zero-order valence-electron chi connectivity index (χ0n) is 10.0. The fourth-order valence-electron chi connectivity index (χ4n) is 1.49. The number of fused-ring (bicyclic) bond motifs is 1. The average Bonchev–Trinajstić information content (AvgIpc) is 2.69. The lowest BCUT2D eigenvalue weighted by Crippen LogP contribution is -2.24. The molecule has 0 radical (unpaired) electrons. The van der Waals surface area contributed by atoms with E-state index in [0.717, 1.165) is 28.0 Å². The zero-order valence-corrected chi connectivity index (χ0v) is 11.6.